The third-order valence-electron chi connectivity index (χ3n) is 5.91. The molecule has 0 N–H and O–H groups in total. The van der Waals surface area contributed by atoms with Crippen molar-refractivity contribution in [3.63, 3.8) is 0 Å². The molecule has 0 spiro atoms. The molecule has 0 aromatic heterocycles. The van der Waals surface area contributed by atoms with E-state index in [2.05, 4.69) is 0 Å². The maximum Gasteiger partial charge on any atom is 0.316 e. The molecule has 2 heterocycles. The van der Waals surface area contributed by atoms with E-state index in [-0.39, 0.29) is 23.8 Å². The van der Waals surface area contributed by atoms with Crippen molar-refractivity contribution in [2.75, 3.05) is 14.2 Å². The van der Waals surface area contributed by atoms with E-state index in [1.54, 1.807) is 0 Å². The smallest absolute Gasteiger partial charge is 0.316 e. The van der Waals surface area contributed by atoms with Gasteiger partial charge >= 0.3 is 11.9 Å². The Kier molecular flexibility index (Phi) is 1.17. The second-order valence-corrected chi connectivity index (χ2v) is 5.87. The maximum absolute atomic E-state index is 12.1. The van der Waals surface area contributed by atoms with Gasteiger partial charge in [0.2, 0.25) is 0 Å². The molecular weight excluding hydrogens is 224 g/mol. The molecule has 5 heteroatoms. The van der Waals surface area contributed by atoms with Gasteiger partial charge in [-0.25, -0.2) is 0 Å². The van der Waals surface area contributed by atoms with Crippen LogP contribution in [0.25, 0.3) is 0 Å². The quantitative estimate of drug-likeness (QED) is 0.640. The SMILES string of the molecule is COC(=O)[C@@]12C3C4[C@@]1(C(=O)OC)[C@]4(C)O[C@@]32C. The first-order chi connectivity index (χ1) is 7.91. The predicted octanol–water partition coefficient (Wildman–Crippen LogP) is 0.126. The van der Waals surface area contributed by atoms with Crippen molar-refractivity contribution in [3.8, 4) is 0 Å². The minimum Gasteiger partial charge on any atom is -0.468 e. The third-order valence-corrected chi connectivity index (χ3v) is 5.91. The molecule has 3 saturated carbocycles. The predicted molar refractivity (Wildman–Crippen MR) is 53.8 cm³/mol. The molecular formula is C12H14O5. The Labute approximate surface area is 98.4 Å². The van der Waals surface area contributed by atoms with Crippen LogP contribution < -0.4 is 0 Å². The lowest BCUT2D eigenvalue weighted by atomic mass is 9.71. The van der Waals surface area contributed by atoms with Gasteiger partial charge in [-0.15, -0.1) is 0 Å². The fourth-order valence-corrected chi connectivity index (χ4v) is 5.60. The van der Waals surface area contributed by atoms with Crippen LogP contribution in [0.2, 0.25) is 0 Å². The van der Waals surface area contributed by atoms with E-state index < -0.39 is 22.0 Å². The lowest BCUT2D eigenvalue weighted by molar-refractivity contribution is -0.169. The molecule has 2 saturated heterocycles. The van der Waals surface area contributed by atoms with Crippen molar-refractivity contribution in [3.05, 3.63) is 0 Å². The monoisotopic (exact) mass is 238 g/mol. The highest BCUT2D eigenvalue weighted by Gasteiger charge is 3.20. The minimum atomic E-state index is -0.777. The first-order valence-corrected chi connectivity index (χ1v) is 5.78. The fraction of sp³-hybridized carbons (Fsp3) is 0.833. The van der Waals surface area contributed by atoms with Crippen LogP contribution in [0, 0.1) is 22.7 Å². The molecule has 5 nitrogen and oxygen atoms in total. The number of carbonyl (C=O) groups excluding carboxylic acids is 2. The summed E-state index contributed by atoms with van der Waals surface area (Å²) in [6.07, 6.45) is 0. The van der Waals surface area contributed by atoms with Gasteiger partial charge in [-0.3, -0.25) is 9.59 Å². The van der Waals surface area contributed by atoms with Crippen LogP contribution in [0.3, 0.4) is 0 Å². The molecule has 2 unspecified atom stereocenters. The molecule has 3 aliphatic carbocycles. The zero-order chi connectivity index (χ0) is 12.4. The number of hydrogen-bond acceptors (Lipinski definition) is 5. The molecule has 2 aliphatic heterocycles. The first kappa shape index (κ1) is 9.88. The summed E-state index contributed by atoms with van der Waals surface area (Å²) >= 11 is 0. The van der Waals surface area contributed by atoms with Gasteiger partial charge in [0.05, 0.1) is 25.4 Å². The lowest BCUT2D eigenvalue weighted by Gasteiger charge is -2.29. The van der Waals surface area contributed by atoms with E-state index in [0.717, 1.165) is 0 Å². The van der Waals surface area contributed by atoms with Gasteiger partial charge in [0.1, 0.15) is 10.8 Å². The molecule has 5 rings (SSSR count). The summed E-state index contributed by atoms with van der Waals surface area (Å²) in [6, 6.07) is 0. The molecule has 5 fully saturated rings. The van der Waals surface area contributed by atoms with Crippen molar-refractivity contribution in [1.82, 2.24) is 0 Å². The number of methoxy groups -OCH3 is 2. The number of hydrogen-bond donors (Lipinski definition) is 0. The van der Waals surface area contributed by atoms with E-state index in [4.69, 9.17) is 14.2 Å². The van der Waals surface area contributed by atoms with Crippen molar-refractivity contribution in [2.45, 2.75) is 25.0 Å². The Morgan fingerprint density at radius 1 is 0.941 bits per heavy atom. The number of ether oxygens (including phenoxy) is 3. The lowest BCUT2D eigenvalue weighted by Crippen LogP contribution is -2.46. The summed E-state index contributed by atoms with van der Waals surface area (Å²) in [5, 5.41) is 0. The summed E-state index contributed by atoms with van der Waals surface area (Å²) in [5.41, 5.74) is -2.59. The molecule has 17 heavy (non-hydrogen) atoms. The van der Waals surface area contributed by atoms with Crippen molar-refractivity contribution < 1.29 is 23.8 Å². The van der Waals surface area contributed by atoms with Crippen molar-refractivity contribution in [1.29, 1.82) is 0 Å². The zero-order valence-electron chi connectivity index (χ0n) is 10.2. The van der Waals surface area contributed by atoms with Gasteiger partial charge in [0.25, 0.3) is 0 Å². The van der Waals surface area contributed by atoms with Crippen LogP contribution in [-0.2, 0) is 23.8 Å². The Balaban J connectivity index is 1.90. The van der Waals surface area contributed by atoms with Crippen molar-refractivity contribution in [2.24, 2.45) is 22.7 Å². The normalized spacial score (nSPS) is 63.3. The van der Waals surface area contributed by atoms with Gasteiger partial charge < -0.3 is 14.2 Å². The van der Waals surface area contributed by atoms with Gasteiger partial charge in [0.15, 0.2) is 0 Å². The topological polar surface area (TPSA) is 61.8 Å². The second kappa shape index (κ2) is 2.00. The molecule has 0 radical (unpaired) electrons. The van der Waals surface area contributed by atoms with Crippen LogP contribution in [0.4, 0.5) is 0 Å². The number of rotatable bonds is 2. The molecule has 5 aliphatic rings. The first-order valence-electron chi connectivity index (χ1n) is 5.78. The van der Waals surface area contributed by atoms with Gasteiger partial charge in [0, 0.05) is 11.8 Å². The van der Waals surface area contributed by atoms with Crippen molar-refractivity contribution >= 4 is 11.9 Å². The van der Waals surface area contributed by atoms with Crippen LogP contribution in [0.1, 0.15) is 13.8 Å². The summed E-state index contributed by atoms with van der Waals surface area (Å²) in [4.78, 5) is 24.2. The van der Waals surface area contributed by atoms with Crippen LogP contribution in [-0.4, -0.2) is 37.4 Å². The fourth-order valence-electron chi connectivity index (χ4n) is 5.60. The van der Waals surface area contributed by atoms with Gasteiger partial charge in [-0.1, -0.05) is 0 Å². The number of carbonyl (C=O) groups is 2. The highest BCUT2D eigenvalue weighted by atomic mass is 16.6. The third kappa shape index (κ3) is 0.480. The Bertz CT molecular complexity index is 457. The molecule has 2 bridgehead atoms. The summed E-state index contributed by atoms with van der Waals surface area (Å²) in [7, 11) is 2.71. The molecule has 6 atom stereocenters. The average Bonchev–Trinajstić information content (AvgIpc) is 2.79. The highest BCUT2D eigenvalue weighted by molar-refractivity contribution is 6.04. The van der Waals surface area contributed by atoms with E-state index in [1.165, 1.54) is 14.2 Å². The summed E-state index contributed by atoms with van der Waals surface area (Å²) < 4.78 is 15.8. The van der Waals surface area contributed by atoms with Crippen LogP contribution in [0.15, 0.2) is 0 Å². The second-order valence-electron chi connectivity index (χ2n) is 5.87. The highest BCUT2D eigenvalue weighted by Crippen LogP contribution is 3.07. The molecule has 0 amide bonds. The Hall–Kier alpha value is -1.10. The number of esters is 2. The Morgan fingerprint density at radius 3 is 1.53 bits per heavy atom. The largest absolute Gasteiger partial charge is 0.468 e. The van der Waals surface area contributed by atoms with E-state index >= 15 is 0 Å². The molecule has 0 aromatic carbocycles. The summed E-state index contributed by atoms with van der Waals surface area (Å²) in [6.45, 7) is 3.81. The van der Waals surface area contributed by atoms with Gasteiger partial charge in [-0.05, 0) is 13.8 Å². The van der Waals surface area contributed by atoms with Crippen LogP contribution in [0.5, 0.6) is 0 Å². The Morgan fingerprint density at radius 2 is 1.29 bits per heavy atom. The van der Waals surface area contributed by atoms with E-state index in [9.17, 15) is 9.59 Å². The zero-order valence-corrected chi connectivity index (χ0v) is 10.2. The standard InChI is InChI=1S/C12H14O5/c1-9-5-6-10(2,17-9)12(6,8(14)16-4)11(5,9)7(13)15-3/h5-6H,1-4H3/t5?,6?,9-,10+,11-,12-/m1/s1. The molecule has 92 valence electrons. The van der Waals surface area contributed by atoms with E-state index in [1.807, 2.05) is 13.8 Å². The maximum atomic E-state index is 12.1. The van der Waals surface area contributed by atoms with E-state index in [0.29, 0.717) is 0 Å². The van der Waals surface area contributed by atoms with Gasteiger partial charge in [-0.2, -0.15) is 0 Å². The average molecular weight is 238 g/mol. The summed E-state index contributed by atoms with van der Waals surface area (Å²) in [5.74, 6) is -0.390. The molecule has 0 aromatic rings. The van der Waals surface area contributed by atoms with Crippen LogP contribution >= 0.6 is 0 Å². The minimum absolute atomic E-state index is 0.131.